The van der Waals surface area contributed by atoms with Gasteiger partial charge in [0.25, 0.3) is 0 Å². The Balaban J connectivity index is 1.05. The average Bonchev–Trinajstić information content (AvgIpc) is 3.13. The second-order valence-electron chi connectivity index (χ2n) is 12.9. The summed E-state index contributed by atoms with van der Waals surface area (Å²) in [7, 11) is 0. The van der Waals surface area contributed by atoms with E-state index >= 15 is 0 Å². The smallest absolute Gasteiger partial charge is 0.00993 e. The molecule has 0 aromatic heterocycles. The lowest BCUT2D eigenvalue weighted by molar-refractivity contribution is 1.49. The first-order chi connectivity index (χ1) is 24.5. The van der Waals surface area contributed by atoms with Crippen molar-refractivity contribution >= 4 is 55.2 Å². The van der Waals surface area contributed by atoms with E-state index in [1.165, 1.54) is 76.5 Å². The molecule has 0 unspecified atom stereocenters. The fourth-order valence-electron chi connectivity index (χ4n) is 6.23. The molecular formula is C50H44. The van der Waals surface area contributed by atoms with Crippen LogP contribution in [0.5, 0.6) is 0 Å². The summed E-state index contributed by atoms with van der Waals surface area (Å²) in [5.74, 6) is 0. The summed E-state index contributed by atoms with van der Waals surface area (Å²) in [6.07, 6.45) is 30.2. The maximum Gasteiger partial charge on any atom is -0.00993 e. The third kappa shape index (κ3) is 8.53. The number of allylic oxidation sites excluding steroid dienone is 16. The van der Waals surface area contributed by atoms with Gasteiger partial charge in [-0.3, -0.25) is 0 Å². The lowest BCUT2D eigenvalue weighted by atomic mass is 9.96. The van der Waals surface area contributed by atoms with Crippen molar-refractivity contribution < 1.29 is 0 Å². The van der Waals surface area contributed by atoms with Crippen molar-refractivity contribution in [3.63, 3.8) is 0 Å². The molecule has 0 saturated heterocycles. The van der Waals surface area contributed by atoms with E-state index in [4.69, 9.17) is 0 Å². The van der Waals surface area contributed by atoms with E-state index in [-0.39, 0.29) is 0 Å². The van der Waals surface area contributed by atoms with E-state index in [9.17, 15) is 0 Å². The number of hydrogen-bond donors (Lipinski definition) is 0. The third-order valence-electron chi connectivity index (χ3n) is 8.92. The molecule has 0 radical (unpaired) electrons. The Bertz CT molecular complexity index is 2160. The number of rotatable bonds is 10. The second-order valence-corrected chi connectivity index (χ2v) is 12.9. The topological polar surface area (TPSA) is 0 Å². The molecule has 50 heavy (non-hydrogen) atoms. The molecule has 0 heterocycles. The Kier molecular flexibility index (Phi) is 11.1. The summed E-state index contributed by atoms with van der Waals surface area (Å²) in [5.41, 5.74) is 7.33. The highest BCUT2D eigenvalue weighted by molar-refractivity contribution is 6.07. The lowest BCUT2D eigenvalue weighted by Gasteiger charge is -2.08. The van der Waals surface area contributed by atoms with Crippen LogP contribution in [0.3, 0.4) is 0 Å². The van der Waals surface area contributed by atoms with Crippen LogP contribution in [0.4, 0.5) is 0 Å². The van der Waals surface area contributed by atoms with E-state index in [0.29, 0.717) is 0 Å². The van der Waals surface area contributed by atoms with E-state index in [0.717, 1.165) is 0 Å². The van der Waals surface area contributed by atoms with Gasteiger partial charge in [0.1, 0.15) is 0 Å². The molecule has 0 fully saturated rings. The molecule has 0 nitrogen and oxygen atoms in total. The van der Waals surface area contributed by atoms with Crippen LogP contribution in [0.15, 0.2) is 204 Å². The van der Waals surface area contributed by atoms with Crippen molar-refractivity contribution in [3.05, 3.63) is 216 Å². The van der Waals surface area contributed by atoms with Crippen molar-refractivity contribution in [2.45, 2.75) is 27.7 Å². The Hall–Kier alpha value is -5.98. The number of fused-ring (bicyclic) bond motifs is 4. The number of hydrogen-bond acceptors (Lipinski definition) is 0. The van der Waals surface area contributed by atoms with Gasteiger partial charge in [0.2, 0.25) is 0 Å². The first-order valence-electron chi connectivity index (χ1n) is 17.4. The highest BCUT2D eigenvalue weighted by Crippen LogP contribution is 2.31. The van der Waals surface area contributed by atoms with Crippen molar-refractivity contribution in [1.82, 2.24) is 0 Å². The fraction of sp³-hybridized carbons (Fsp3) is 0.0800. The lowest BCUT2D eigenvalue weighted by Crippen LogP contribution is -1.83. The van der Waals surface area contributed by atoms with Gasteiger partial charge >= 0.3 is 0 Å². The highest BCUT2D eigenvalue weighted by atomic mass is 14.1. The minimum Gasteiger partial charge on any atom is -0.0620 e. The first kappa shape index (κ1) is 33.9. The molecule has 244 valence electrons. The molecule has 6 aromatic rings. The molecule has 0 heteroatoms. The van der Waals surface area contributed by atoms with Crippen molar-refractivity contribution in [1.29, 1.82) is 0 Å². The molecule has 0 spiro atoms. The summed E-state index contributed by atoms with van der Waals surface area (Å²) >= 11 is 0. The maximum atomic E-state index is 2.28. The predicted molar refractivity (Wildman–Crippen MR) is 223 cm³/mol. The minimum absolute atomic E-state index is 1.19. The zero-order valence-corrected chi connectivity index (χ0v) is 29.5. The quantitative estimate of drug-likeness (QED) is 0.103. The molecule has 0 atom stereocenters. The van der Waals surface area contributed by atoms with Crippen LogP contribution in [0.2, 0.25) is 0 Å². The predicted octanol–water partition coefficient (Wildman–Crippen LogP) is 14.5. The van der Waals surface area contributed by atoms with Gasteiger partial charge in [0, 0.05) is 0 Å². The van der Waals surface area contributed by atoms with Gasteiger partial charge in [0.05, 0.1) is 0 Å². The Morgan fingerprint density at radius 1 is 0.340 bits per heavy atom. The Morgan fingerprint density at radius 3 is 0.960 bits per heavy atom. The van der Waals surface area contributed by atoms with E-state index in [1.54, 1.807) is 0 Å². The van der Waals surface area contributed by atoms with Crippen LogP contribution in [0.1, 0.15) is 38.8 Å². The van der Waals surface area contributed by atoms with Crippen molar-refractivity contribution in [2.24, 2.45) is 0 Å². The normalized spacial score (nSPS) is 14.1. The molecule has 0 bridgehead atoms. The second kappa shape index (κ2) is 16.4. The van der Waals surface area contributed by atoms with Crippen LogP contribution in [0.25, 0.3) is 55.2 Å². The zero-order valence-electron chi connectivity index (χ0n) is 29.5. The van der Waals surface area contributed by atoms with Crippen LogP contribution < -0.4 is 0 Å². The van der Waals surface area contributed by atoms with Gasteiger partial charge in [-0.25, -0.2) is 0 Å². The average molecular weight is 645 g/mol. The van der Waals surface area contributed by atoms with Crippen molar-refractivity contribution in [3.8, 4) is 0 Å². The molecule has 0 aliphatic carbocycles. The summed E-state index contributed by atoms with van der Waals surface area (Å²) in [6, 6.07) is 39.0. The molecular weight excluding hydrogens is 601 g/mol. The van der Waals surface area contributed by atoms with Gasteiger partial charge in [-0.05, 0) is 94.0 Å². The highest BCUT2D eigenvalue weighted by Gasteiger charge is 2.05. The summed E-state index contributed by atoms with van der Waals surface area (Å²) in [4.78, 5) is 0. The van der Waals surface area contributed by atoms with Crippen LogP contribution in [-0.2, 0) is 0 Å². The van der Waals surface area contributed by atoms with Crippen LogP contribution in [-0.4, -0.2) is 0 Å². The SMILES string of the molecule is CC(/C=C/C=C(C)/C=C/c1c2ccccc2cc2ccccc12)=C\C=C\C=C(C)\C=C\C=C(C)\C=C\c1c2ccccc2cc2ccccc12. The minimum atomic E-state index is 1.19. The molecule has 0 saturated carbocycles. The maximum absolute atomic E-state index is 2.28. The van der Waals surface area contributed by atoms with Crippen LogP contribution in [0, 0.1) is 0 Å². The van der Waals surface area contributed by atoms with Gasteiger partial charge in [-0.15, -0.1) is 0 Å². The molecule has 0 aliphatic rings. The third-order valence-corrected chi connectivity index (χ3v) is 8.92. The van der Waals surface area contributed by atoms with E-state index < -0.39 is 0 Å². The van der Waals surface area contributed by atoms with Crippen LogP contribution >= 0.6 is 0 Å². The van der Waals surface area contributed by atoms with E-state index in [1.807, 2.05) is 0 Å². The summed E-state index contributed by atoms with van der Waals surface area (Å²) in [5, 5.41) is 10.2. The van der Waals surface area contributed by atoms with Gasteiger partial charge in [-0.2, -0.15) is 0 Å². The van der Waals surface area contributed by atoms with Gasteiger partial charge in [-0.1, -0.05) is 204 Å². The van der Waals surface area contributed by atoms with E-state index in [2.05, 4.69) is 222 Å². The standard InChI is InChI=1S/C50H44/c1-37(19-15-21-39(3)31-33-49-45-27-11-7-23-41(45)35-42-24-8-12-28-46(42)49)17-5-6-18-38(2)20-16-22-40(4)32-34-50-47-29-13-9-25-43(47)36-44-26-10-14-30-48(44)50/h5-36H,1-4H3/b6-5+,19-15+,20-16+,33-31+,34-32+,37-17+,38-18+,39-21+,40-22+. The molecule has 6 aromatic carbocycles. The summed E-state index contributed by atoms with van der Waals surface area (Å²) in [6.45, 7) is 8.55. The first-order valence-corrected chi connectivity index (χ1v) is 17.4. The molecule has 0 amide bonds. The molecule has 0 N–H and O–H groups in total. The fourth-order valence-corrected chi connectivity index (χ4v) is 6.23. The van der Waals surface area contributed by atoms with Crippen molar-refractivity contribution in [2.75, 3.05) is 0 Å². The Labute approximate surface area is 297 Å². The largest absolute Gasteiger partial charge is 0.0620 e. The van der Waals surface area contributed by atoms with Gasteiger partial charge in [0.15, 0.2) is 0 Å². The molecule has 0 aliphatic heterocycles. The Morgan fingerprint density at radius 2 is 0.620 bits per heavy atom. The zero-order chi connectivity index (χ0) is 34.7. The van der Waals surface area contributed by atoms with Gasteiger partial charge < -0.3 is 0 Å². The summed E-state index contributed by atoms with van der Waals surface area (Å²) < 4.78 is 0. The molecule has 6 rings (SSSR count). The monoisotopic (exact) mass is 644 g/mol. The number of benzene rings is 6.